The number of pyridine rings is 2. The number of piperazine rings is 1. The van der Waals surface area contributed by atoms with E-state index in [-0.39, 0.29) is 65.7 Å². The second-order valence-electron chi connectivity index (χ2n) is 12.1. The molecule has 4 aromatic rings. The average Bonchev–Trinajstić information content (AvgIpc) is 3.77. The molecule has 238 valence electrons. The van der Waals surface area contributed by atoms with Gasteiger partial charge in [0.1, 0.15) is 11.5 Å². The number of amides is 1. The van der Waals surface area contributed by atoms with E-state index in [9.17, 15) is 19.2 Å². The Morgan fingerprint density at radius 1 is 1.26 bits per heavy atom. The molecule has 6 rings (SSSR count). The minimum atomic E-state index is -1.11. The first-order valence-corrected chi connectivity index (χ1v) is 15.1. The summed E-state index contributed by atoms with van der Waals surface area (Å²) in [4.78, 5) is 46.7. The molecule has 4 heterocycles. The molecule has 1 amide bonds. The number of fused-ring (bicyclic) bond motifs is 2. The number of carbonyl (C=O) groups is 1. The van der Waals surface area contributed by atoms with Crippen LogP contribution in [0.1, 0.15) is 19.3 Å². The van der Waals surface area contributed by atoms with Gasteiger partial charge in [-0.05, 0) is 44.5 Å². The van der Waals surface area contributed by atoms with E-state index in [1.54, 1.807) is 23.1 Å². The predicted molar refractivity (Wildman–Crippen MR) is 170 cm³/mol. The largest absolute Gasteiger partial charge is 0.463 e. The number of hydrogen-bond acceptors (Lipinski definition) is 9. The lowest BCUT2D eigenvalue weighted by molar-refractivity contribution is -0.131. The number of carbonyl (C=O) groups excluding carboxylic acids is 1. The molecule has 1 aliphatic heterocycles. The Balaban J connectivity index is 1.47. The maximum Gasteiger partial charge on any atom is 0.320 e. The van der Waals surface area contributed by atoms with Crippen LogP contribution in [0.3, 0.4) is 0 Å². The summed E-state index contributed by atoms with van der Waals surface area (Å²) in [6.45, 7) is 4.68. The van der Waals surface area contributed by atoms with Gasteiger partial charge in [0, 0.05) is 43.0 Å². The molecule has 46 heavy (non-hydrogen) atoms. The van der Waals surface area contributed by atoms with Crippen molar-refractivity contribution in [2.75, 3.05) is 51.8 Å². The topological polar surface area (TPSA) is 131 Å². The molecule has 11 nitrogen and oxygen atoms in total. The van der Waals surface area contributed by atoms with Crippen LogP contribution < -0.4 is 15.2 Å². The van der Waals surface area contributed by atoms with Gasteiger partial charge in [0.05, 0.1) is 41.2 Å². The average molecular weight is 649 g/mol. The molecule has 0 unspecified atom stereocenters. The lowest BCUT2D eigenvalue weighted by Crippen LogP contribution is -2.55. The Kier molecular flexibility index (Phi) is 8.35. The van der Waals surface area contributed by atoms with Crippen LogP contribution in [0, 0.1) is 22.6 Å². The minimum Gasteiger partial charge on any atom is -0.463 e. The van der Waals surface area contributed by atoms with Crippen LogP contribution >= 0.6 is 11.6 Å². The van der Waals surface area contributed by atoms with Crippen molar-refractivity contribution >= 4 is 45.1 Å². The Labute approximate surface area is 268 Å². The molecule has 2 fully saturated rings. The van der Waals surface area contributed by atoms with E-state index in [0.717, 1.165) is 19.4 Å². The fourth-order valence-corrected chi connectivity index (χ4v) is 6.38. The van der Waals surface area contributed by atoms with Crippen molar-refractivity contribution < 1.29 is 18.3 Å². The molecule has 1 saturated heterocycles. The van der Waals surface area contributed by atoms with Gasteiger partial charge in [0.15, 0.2) is 17.3 Å². The van der Waals surface area contributed by atoms with Gasteiger partial charge in [0.2, 0.25) is 5.56 Å². The molecule has 14 heteroatoms. The zero-order valence-electron chi connectivity index (χ0n) is 25.3. The lowest BCUT2D eigenvalue weighted by Gasteiger charge is -2.41. The number of halogens is 3. The van der Waals surface area contributed by atoms with E-state index >= 15 is 4.39 Å². The zero-order valence-corrected chi connectivity index (χ0v) is 26.1. The fourth-order valence-electron chi connectivity index (χ4n) is 6.11. The van der Waals surface area contributed by atoms with E-state index < -0.39 is 29.2 Å². The minimum absolute atomic E-state index is 0.0227. The summed E-state index contributed by atoms with van der Waals surface area (Å²) in [5.41, 5.74) is -0.455. The predicted octanol–water partition coefficient (Wildman–Crippen LogP) is 4.46. The molecule has 3 aromatic heterocycles. The van der Waals surface area contributed by atoms with E-state index in [0.29, 0.717) is 22.4 Å². The van der Waals surface area contributed by atoms with Crippen molar-refractivity contribution in [3.05, 3.63) is 63.9 Å². The summed E-state index contributed by atoms with van der Waals surface area (Å²) < 4.78 is 36.0. The van der Waals surface area contributed by atoms with Crippen molar-refractivity contribution in [3.8, 4) is 23.5 Å². The summed E-state index contributed by atoms with van der Waals surface area (Å²) in [5, 5.41) is 11.0. The summed E-state index contributed by atoms with van der Waals surface area (Å²) >= 11 is 6.50. The van der Waals surface area contributed by atoms with Gasteiger partial charge in [0.25, 0.3) is 5.91 Å². The van der Waals surface area contributed by atoms with Crippen molar-refractivity contribution in [1.82, 2.24) is 29.7 Å². The van der Waals surface area contributed by atoms with Gasteiger partial charge in [-0.3, -0.25) is 9.59 Å². The monoisotopic (exact) mass is 648 g/mol. The fraction of sp³-hybridized carbons (Fsp3) is 0.375. The van der Waals surface area contributed by atoms with E-state index in [4.69, 9.17) is 16.3 Å². The van der Waals surface area contributed by atoms with Gasteiger partial charge in [-0.25, -0.2) is 13.8 Å². The number of nitriles is 1. The second-order valence-corrected chi connectivity index (χ2v) is 12.5. The highest BCUT2D eigenvalue weighted by atomic mass is 35.5. The number of hydrogen-bond donors (Lipinski definition) is 1. The van der Waals surface area contributed by atoms with Crippen molar-refractivity contribution in [3.63, 3.8) is 0 Å². The third kappa shape index (κ3) is 6.10. The molecule has 1 N–H and O–H groups in total. The summed E-state index contributed by atoms with van der Waals surface area (Å²) in [5.74, 6) is -2.47. The highest BCUT2D eigenvalue weighted by Crippen LogP contribution is 2.46. The van der Waals surface area contributed by atoms with Gasteiger partial charge in [-0.15, -0.1) is 0 Å². The molecule has 1 saturated carbocycles. The number of rotatable bonds is 9. The number of nitrogens with one attached hydrogen (secondary N) is 1. The summed E-state index contributed by atoms with van der Waals surface area (Å²) in [6.07, 6.45) is 1.90. The number of nitrogens with zero attached hydrogens (tertiary/aromatic N) is 7. The van der Waals surface area contributed by atoms with Crippen LogP contribution in [-0.4, -0.2) is 88.6 Å². The smallest absolute Gasteiger partial charge is 0.320 e. The quantitative estimate of drug-likeness (QED) is 0.261. The Bertz CT molecular complexity index is 1970. The molecule has 0 bridgehead atoms. The first-order chi connectivity index (χ1) is 22.0. The standard InChI is InChI=1S/C32H31ClF2N8O3/c1-18(34)30(45)43-12-11-42(15-20(43)7-10-36)29-21-14-23(35)26(27-25-19(13-24(44)37-27)5-4-6-22(25)33)38-28(21)39-31(40-29)46-17-32(8-9-32)16-41(2)3/h4-6,13-14,20H,1,7-9,11-12,15-17H2,2-3H3,(H,37,44)/t20-/m0/s1. The molecule has 0 radical (unpaired) electrons. The molecule has 1 aliphatic carbocycles. The first kappa shape index (κ1) is 31.3. The number of anilines is 1. The van der Waals surface area contributed by atoms with E-state index in [1.165, 1.54) is 17.0 Å². The first-order valence-electron chi connectivity index (χ1n) is 14.7. The highest BCUT2D eigenvalue weighted by molar-refractivity contribution is 6.36. The molecular formula is C32H31ClF2N8O3. The Hall–Kier alpha value is -4.67. The number of aromatic amines is 1. The van der Waals surface area contributed by atoms with Crippen LogP contribution in [0.4, 0.5) is 14.6 Å². The van der Waals surface area contributed by atoms with Gasteiger partial charge in [-0.2, -0.15) is 15.2 Å². The molecule has 2 aliphatic rings. The SMILES string of the molecule is C=C(F)C(=O)N1CCN(c2nc(OCC3(CN(C)C)CC3)nc3nc(-c4[nH]c(=O)cc5cccc(Cl)c45)c(F)cc23)C[C@@H]1CC#N. The Morgan fingerprint density at radius 3 is 2.74 bits per heavy atom. The molecule has 1 aromatic carbocycles. The summed E-state index contributed by atoms with van der Waals surface area (Å²) in [6, 6.07) is 9.04. The molecular weight excluding hydrogens is 618 g/mol. The maximum absolute atomic E-state index is 16.0. The van der Waals surface area contributed by atoms with Gasteiger partial charge in [-0.1, -0.05) is 30.3 Å². The maximum atomic E-state index is 16.0. The number of benzene rings is 1. The molecule has 0 spiro atoms. The lowest BCUT2D eigenvalue weighted by atomic mass is 10.1. The van der Waals surface area contributed by atoms with Crippen LogP contribution in [0.2, 0.25) is 5.02 Å². The summed E-state index contributed by atoms with van der Waals surface area (Å²) in [7, 11) is 3.99. The number of H-pyrrole nitrogens is 1. The third-order valence-corrected chi connectivity index (χ3v) is 8.70. The number of aromatic nitrogens is 4. The normalized spacial score (nSPS) is 17.4. The molecule has 1 atom stereocenters. The number of ether oxygens (including phenoxy) is 1. The highest BCUT2D eigenvalue weighted by Gasteiger charge is 2.44. The zero-order chi connectivity index (χ0) is 32.7. The van der Waals surface area contributed by atoms with E-state index in [2.05, 4.69) is 37.5 Å². The van der Waals surface area contributed by atoms with E-state index in [1.807, 2.05) is 14.1 Å². The van der Waals surface area contributed by atoms with Gasteiger partial charge < -0.3 is 24.4 Å². The van der Waals surface area contributed by atoms with Crippen LogP contribution in [0.5, 0.6) is 6.01 Å². The van der Waals surface area contributed by atoms with Crippen molar-refractivity contribution in [2.24, 2.45) is 5.41 Å². The Morgan fingerprint density at radius 2 is 2.04 bits per heavy atom. The van der Waals surface area contributed by atoms with Crippen LogP contribution in [0.25, 0.3) is 33.2 Å². The van der Waals surface area contributed by atoms with Crippen molar-refractivity contribution in [2.45, 2.75) is 25.3 Å². The van der Waals surface area contributed by atoms with Crippen LogP contribution in [0.15, 0.2) is 47.5 Å². The van der Waals surface area contributed by atoms with Crippen molar-refractivity contribution in [1.29, 1.82) is 5.26 Å². The third-order valence-electron chi connectivity index (χ3n) is 8.39. The van der Waals surface area contributed by atoms with Crippen LogP contribution in [-0.2, 0) is 4.79 Å². The second kappa shape index (κ2) is 12.3. The van der Waals surface area contributed by atoms with Gasteiger partial charge >= 0.3 is 6.01 Å².